The maximum atomic E-state index is 2.35. The number of hydrogen-bond acceptors (Lipinski definition) is 0. The van der Waals surface area contributed by atoms with E-state index in [0.29, 0.717) is 5.92 Å². The first-order valence-electron chi connectivity index (χ1n) is 7.51. The van der Waals surface area contributed by atoms with Crippen molar-refractivity contribution in [2.24, 2.45) is 5.92 Å². The molecule has 19 heavy (non-hydrogen) atoms. The minimum Gasteiger partial charge on any atom is -0.0877 e. The minimum absolute atomic E-state index is 0.591. The van der Waals surface area contributed by atoms with Crippen LogP contribution in [0.25, 0.3) is 0 Å². The molecule has 0 bridgehead atoms. The van der Waals surface area contributed by atoms with Crippen molar-refractivity contribution in [3.8, 4) is 0 Å². The molecule has 0 aromatic rings. The van der Waals surface area contributed by atoms with Crippen molar-refractivity contribution in [2.75, 3.05) is 0 Å². The van der Waals surface area contributed by atoms with E-state index in [2.05, 4.69) is 63.3 Å². The quantitative estimate of drug-likeness (QED) is 0.512. The Balaban J connectivity index is 0.00000154. The Kier molecular flexibility index (Phi) is 9.88. The zero-order chi connectivity index (χ0) is 14.7. The van der Waals surface area contributed by atoms with E-state index >= 15 is 0 Å². The highest BCUT2D eigenvalue weighted by Gasteiger charge is 2.06. The number of hydrogen-bond donors (Lipinski definition) is 0. The van der Waals surface area contributed by atoms with E-state index < -0.39 is 0 Å². The lowest BCUT2D eigenvalue weighted by atomic mass is 9.92. The summed E-state index contributed by atoms with van der Waals surface area (Å²) in [7, 11) is 0. The van der Waals surface area contributed by atoms with Crippen LogP contribution in [0.5, 0.6) is 0 Å². The molecule has 1 aliphatic rings. The minimum atomic E-state index is 0.591. The fourth-order valence-corrected chi connectivity index (χ4v) is 1.88. The van der Waals surface area contributed by atoms with Crippen LogP contribution in [0.4, 0.5) is 0 Å². The zero-order valence-electron chi connectivity index (χ0n) is 13.5. The number of rotatable bonds is 4. The van der Waals surface area contributed by atoms with E-state index in [1.807, 2.05) is 20.8 Å². The summed E-state index contributed by atoms with van der Waals surface area (Å²) in [6.45, 7) is 12.7. The second kappa shape index (κ2) is 10.6. The molecule has 0 fully saturated rings. The Labute approximate surface area is 120 Å². The molecule has 0 amide bonds. The lowest BCUT2D eigenvalue weighted by Crippen LogP contribution is -1.95. The predicted molar refractivity (Wildman–Crippen MR) is 89.3 cm³/mol. The van der Waals surface area contributed by atoms with E-state index in [4.69, 9.17) is 0 Å². The van der Waals surface area contributed by atoms with E-state index in [1.54, 1.807) is 0 Å². The smallest absolute Gasteiger partial charge is 0.0236 e. The molecule has 106 valence electrons. The van der Waals surface area contributed by atoms with Crippen LogP contribution in [-0.4, -0.2) is 0 Å². The third-order valence-electron chi connectivity index (χ3n) is 2.82. The van der Waals surface area contributed by atoms with Gasteiger partial charge in [-0.05, 0) is 43.8 Å². The van der Waals surface area contributed by atoms with Crippen molar-refractivity contribution in [1.82, 2.24) is 0 Å². The molecule has 0 radical (unpaired) electrons. The summed E-state index contributed by atoms with van der Waals surface area (Å²) in [4.78, 5) is 0. The predicted octanol–water partition coefficient (Wildman–Crippen LogP) is 6.39. The third-order valence-corrected chi connectivity index (χ3v) is 2.82. The Morgan fingerprint density at radius 1 is 1.11 bits per heavy atom. The molecule has 1 aliphatic carbocycles. The molecule has 1 rings (SSSR count). The normalized spacial score (nSPS) is 16.5. The highest BCUT2D eigenvalue weighted by molar-refractivity contribution is 5.44. The van der Waals surface area contributed by atoms with Gasteiger partial charge in [0.05, 0.1) is 0 Å². The summed E-state index contributed by atoms with van der Waals surface area (Å²) >= 11 is 0. The molecule has 0 atom stereocenters. The van der Waals surface area contributed by atoms with Gasteiger partial charge >= 0.3 is 0 Å². The van der Waals surface area contributed by atoms with Crippen molar-refractivity contribution >= 4 is 0 Å². The molecular formula is C19H30. The molecular weight excluding hydrogens is 228 g/mol. The molecule has 0 aromatic carbocycles. The summed E-state index contributed by atoms with van der Waals surface area (Å²) in [5.74, 6) is 0.591. The van der Waals surface area contributed by atoms with Crippen LogP contribution >= 0.6 is 0 Å². The van der Waals surface area contributed by atoms with E-state index in [-0.39, 0.29) is 0 Å². The van der Waals surface area contributed by atoms with Gasteiger partial charge in [-0.15, -0.1) is 0 Å². The largest absolute Gasteiger partial charge is 0.0877 e. The van der Waals surface area contributed by atoms with Gasteiger partial charge in [0.1, 0.15) is 0 Å². The van der Waals surface area contributed by atoms with Crippen LogP contribution in [0.3, 0.4) is 0 Å². The first kappa shape index (κ1) is 17.7. The Morgan fingerprint density at radius 3 is 2.26 bits per heavy atom. The molecule has 0 nitrogen and oxygen atoms in total. The average Bonchev–Trinajstić information content (AvgIpc) is 2.41. The SMILES string of the molecule is CC.C\C=C/C=C\C(=C/C(C)C)C1=CC=C(C)CC1. The fraction of sp³-hybridized carbons (Fsp3) is 0.474. The standard InChI is InChI=1S/C17H24.C2H6/c1-5-6-7-8-17(13-14(2)3)16-11-9-15(4)10-12-16;1-2/h5-9,11,13-14H,10,12H2,1-4H3;1-2H3/b6-5-,8-7-,17-13+;. The van der Waals surface area contributed by atoms with E-state index in [9.17, 15) is 0 Å². The lowest BCUT2D eigenvalue weighted by molar-refractivity contribution is 0.820. The second-order valence-electron chi connectivity index (χ2n) is 4.96. The van der Waals surface area contributed by atoms with Gasteiger partial charge in [-0.2, -0.15) is 0 Å². The van der Waals surface area contributed by atoms with Gasteiger partial charge in [0.15, 0.2) is 0 Å². The van der Waals surface area contributed by atoms with Gasteiger partial charge in [-0.1, -0.05) is 75.8 Å². The molecule has 0 aliphatic heterocycles. The Hall–Kier alpha value is -1.30. The van der Waals surface area contributed by atoms with Crippen LogP contribution in [-0.2, 0) is 0 Å². The Bertz CT molecular complexity index is 384. The molecule has 0 heterocycles. The molecule has 0 heteroatoms. The van der Waals surface area contributed by atoms with Gasteiger partial charge in [0, 0.05) is 0 Å². The average molecular weight is 258 g/mol. The van der Waals surface area contributed by atoms with Gasteiger partial charge < -0.3 is 0 Å². The van der Waals surface area contributed by atoms with Crippen LogP contribution in [0, 0.1) is 5.92 Å². The topological polar surface area (TPSA) is 0 Å². The van der Waals surface area contributed by atoms with Crippen molar-refractivity contribution in [3.63, 3.8) is 0 Å². The van der Waals surface area contributed by atoms with Gasteiger partial charge in [-0.3, -0.25) is 0 Å². The summed E-state index contributed by atoms with van der Waals surface area (Å²) in [6.07, 6.45) is 17.7. The molecule has 0 spiro atoms. The van der Waals surface area contributed by atoms with Crippen LogP contribution in [0.1, 0.15) is 54.4 Å². The Morgan fingerprint density at radius 2 is 1.79 bits per heavy atom. The van der Waals surface area contributed by atoms with Gasteiger partial charge in [0.2, 0.25) is 0 Å². The van der Waals surface area contributed by atoms with Crippen molar-refractivity contribution in [2.45, 2.75) is 54.4 Å². The number of allylic oxidation sites excluding steroid dienone is 10. The molecule has 0 N–H and O–H groups in total. The highest BCUT2D eigenvalue weighted by Crippen LogP contribution is 2.25. The summed E-state index contributed by atoms with van der Waals surface area (Å²) in [5, 5.41) is 0. The summed E-state index contributed by atoms with van der Waals surface area (Å²) in [5.41, 5.74) is 4.32. The zero-order valence-corrected chi connectivity index (χ0v) is 13.5. The van der Waals surface area contributed by atoms with Gasteiger partial charge in [0.25, 0.3) is 0 Å². The highest BCUT2D eigenvalue weighted by atomic mass is 14.1. The van der Waals surface area contributed by atoms with E-state index in [1.165, 1.54) is 29.6 Å². The first-order chi connectivity index (χ1) is 9.13. The van der Waals surface area contributed by atoms with Crippen molar-refractivity contribution in [3.05, 3.63) is 59.3 Å². The maximum absolute atomic E-state index is 2.35. The molecule has 0 aromatic heterocycles. The van der Waals surface area contributed by atoms with Crippen LogP contribution in [0.15, 0.2) is 59.3 Å². The third kappa shape index (κ3) is 7.66. The van der Waals surface area contributed by atoms with Crippen LogP contribution in [0.2, 0.25) is 0 Å². The van der Waals surface area contributed by atoms with Crippen molar-refractivity contribution in [1.29, 1.82) is 0 Å². The molecule has 0 saturated heterocycles. The summed E-state index contributed by atoms with van der Waals surface area (Å²) < 4.78 is 0. The maximum Gasteiger partial charge on any atom is -0.0236 e. The lowest BCUT2D eigenvalue weighted by Gasteiger charge is -2.14. The van der Waals surface area contributed by atoms with Crippen LogP contribution < -0.4 is 0 Å². The monoisotopic (exact) mass is 258 g/mol. The van der Waals surface area contributed by atoms with Crippen molar-refractivity contribution < 1.29 is 0 Å². The van der Waals surface area contributed by atoms with Gasteiger partial charge in [-0.25, -0.2) is 0 Å². The first-order valence-corrected chi connectivity index (χ1v) is 7.51. The second-order valence-corrected chi connectivity index (χ2v) is 4.96. The molecule has 0 saturated carbocycles. The molecule has 0 unspecified atom stereocenters. The van der Waals surface area contributed by atoms with E-state index in [0.717, 1.165) is 0 Å². The fourth-order valence-electron chi connectivity index (χ4n) is 1.88. The summed E-state index contributed by atoms with van der Waals surface area (Å²) in [6, 6.07) is 0.